The molecule has 8 heteroatoms. The Morgan fingerprint density at radius 1 is 1.03 bits per heavy atom. The molecular weight excluding hydrogens is 432 g/mol. The van der Waals surface area contributed by atoms with E-state index in [1.54, 1.807) is 19.1 Å². The Hall–Kier alpha value is -3.81. The molecule has 0 radical (unpaired) electrons. The molecule has 0 saturated heterocycles. The van der Waals surface area contributed by atoms with Crippen LogP contribution < -0.4 is 14.8 Å². The average molecular weight is 463 g/mol. The van der Waals surface area contributed by atoms with Crippen LogP contribution >= 0.6 is 0 Å². The SMILES string of the molecule is COc1ccc(-c2cn(-c3ccc(OC)cc3)c(NC(=O)CN(C(=O)C(C)C)C3CC3)n2)cc1. The van der Waals surface area contributed by atoms with Crippen molar-refractivity contribution in [2.75, 3.05) is 26.1 Å². The van der Waals surface area contributed by atoms with Crippen molar-refractivity contribution < 1.29 is 19.1 Å². The number of aromatic nitrogens is 2. The molecule has 4 rings (SSSR count). The highest BCUT2D eigenvalue weighted by molar-refractivity contribution is 5.94. The molecule has 178 valence electrons. The summed E-state index contributed by atoms with van der Waals surface area (Å²) >= 11 is 0. The molecule has 3 aromatic rings. The number of nitrogens with zero attached hydrogens (tertiary/aromatic N) is 3. The van der Waals surface area contributed by atoms with Crippen molar-refractivity contribution in [3.05, 3.63) is 54.7 Å². The normalized spacial score (nSPS) is 13.0. The summed E-state index contributed by atoms with van der Waals surface area (Å²) in [5.74, 6) is 1.43. The largest absolute Gasteiger partial charge is 0.497 e. The number of nitrogens with one attached hydrogen (secondary N) is 1. The van der Waals surface area contributed by atoms with Crippen LogP contribution in [0.5, 0.6) is 11.5 Å². The first-order chi connectivity index (χ1) is 16.4. The topological polar surface area (TPSA) is 85.7 Å². The second kappa shape index (κ2) is 9.99. The summed E-state index contributed by atoms with van der Waals surface area (Å²) in [6.07, 6.45) is 3.75. The van der Waals surface area contributed by atoms with Crippen molar-refractivity contribution in [2.45, 2.75) is 32.7 Å². The minimum Gasteiger partial charge on any atom is -0.497 e. The summed E-state index contributed by atoms with van der Waals surface area (Å²) in [7, 11) is 3.24. The maximum atomic E-state index is 13.0. The number of methoxy groups -OCH3 is 2. The van der Waals surface area contributed by atoms with Gasteiger partial charge >= 0.3 is 0 Å². The highest BCUT2D eigenvalue weighted by atomic mass is 16.5. The van der Waals surface area contributed by atoms with Crippen molar-refractivity contribution in [2.24, 2.45) is 5.92 Å². The standard InChI is InChI=1S/C26H30N4O4/c1-17(2)25(32)29(19-7-8-19)16-24(31)28-26-27-23(18-5-11-21(33-3)12-6-18)15-30(26)20-9-13-22(34-4)14-10-20/h5-6,9-15,17,19H,7-8,16H2,1-4H3,(H,27,28,31). The van der Waals surface area contributed by atoms with E-state index in [-0.39, 0.29) is 30.3 Å². The summed E-state index contributed by atoms with van der Waals surface area (Å²) < 4.78 is 12.3. The Morgan fingerprint density at radius 2 is 1.62 bits per heavy atom. The number of rotatable bonds is 9. The fraction of sp³-hybridized carbons (Fsp3) is 0.346. The van der Waals surface area contributed by atoms with Crippen molar-refractivity contribution in [1.82, 2.24) is 14.5 Å². The van der Waals surface area contributed by atoms with Gasteiger partial charge in [-0.1, -0.05) is 13.8 Å². The quantitative estimate of drug-likeness (QED) is 0.517. The van der Waals surface area contributed by atoms with E-state index < -0.39 is 0 Å². The van der Waals surface area contributed by atoms with Crippen LogP contribution in [0.3, 0.4) is 0 Å². The molecule has 0 spiro atoms. The van der Waals surface area contributed by atoms with E-state index in [1.165, 1.54) is 0 Å². The zero-order valence-corrected chi connectivity index (χ0v) is 19.9. The third-order valence-corrected chi connectivity index (χ3v) is 5.77. The molecule has 1 heterocycles. The van der Waals surface area contributed by atoms with Gasteiger partial charge in [0.15, 0.2) is 0 Å². The maximum Gasteiger partial charge on any atom is 0.246 e. The fourth-order valence-corrected chi connectivity index (χ4v) is 3.73. The molecule has 1 aromatic heterocycles. The monoisotopic (exact) mass is 462 g/mol. The molecule has 0 atom stereocenters. The molecule has 1 aliphatic rings. The number of carbonyl (C=O) groups is 2. The van der Waals surface area contributed by atoms with Crippen LogP contribution in [-0.4, -0.2) is 53.1 Å². The van der Waals surface area contributed by atoms with Crippen LogP contribution in [0.1, 0.15) is 26.7 Å². The van der Waals surface area contributed by atoms with Gasteiger partial charge in [0, 0.05) is 29.4 Å². The molecule has 0 bridgehead atoms. The molecule has 0 aliphatic heterocycles. The summed E-state index contributed by atoms with van der Waals surface area (Å²) in [5, 5.41) is 2.92. The lowest BCUT2D eigenvalue weighted by Gasteiger charge is -2.23. The van der Waals surface area contributed by atoms with Crippen molar-refractivity contribution in [3.63, 3.8) is 0 Å². The van der Waals surface area contributed by atoms with E-state index in [0.717, 1.165) is 35.6 Å². The molecule has 1 saturated carbocycles. The molecule has 8 nitrogen and oxygen atoms in total. The van der Waals surface area contributed by atoms with Gasteiger partial charge in [0.1, 0.15) is 18.0 Å². The molecule has 1 N–H and O–H groups in total. The predicted molar refractivity (Wildman–Crippen MR) is 130 cm³/mol. The van der Waals surface area contributed by atoms with E-state index in [0.29, 0.717) is 11.6 Å². The first-order valence-corrected chi connectivity index (χ1v) is 11.4. The second-order valence-corrected chi connectivity index (χ2v) is 8.65. The second-order valence-electron chi connectivity index (χ2n) is 8.65. The van der Waals surface area contributed by atoms with Crippen molar-refractivity contribution in [1.29, 1.82) is 0 Å². The van der Waals surface area contributed by atoms with Crippen molar-refractivity contribution in [3.8, 4) is 28.4 Å². The van der Waals surface area contributed by atoms with Gasteiger partial charge < -0.3 is 14.4 Å². The van der Waals surface area contributed by atoms with Gasteiger partial charge in [0.25, 0.3) is 0 Å². The number of carbonyl (C=O) groups excluding carboxylic acids is 2. The number of hydrogen-bond donors (Lipinski definition) is 1. The summed E-state index contributed by atoms with van der Waals surface area (Å²) in [4.78, 5) is 32.0. The maximum absolute atomic E-state index is 13.0. The Morgan fingerprint density at radius 3 is 2.15 bits per heavy atom. The van der Waals surface area contributed by atoms with Crippen LogP contribution in [0.15, 0.2) is 54.7 Å². The number of imidazole rings is 1. The van der Waals surface area contributed by atoms with Gasteiger partial charge in [-0.3, -0.25) is 19.5 Å². The summed E-state index contributed by atoms with van der Waals surface area (Å²) in [6.45, 7) is 3.72. The van der Waals surface area contributed by atoms with Gasteiger partial charge in [0.2, 0.25) is 17.8 Å². The van der Waals surface area contributed by atoms with Crippen molar-refractivity contribution >= 4 is 17.8 Å². The number of ether oxygens (including phenoxy) is 2. The average Bonchev–Trinajstić information content (AvgIpc) is 3.62. The molecule has 2 amide bonds. The lowest BCUT2D eigenvalue weighted by molar-refractivity contribution is -0.138. The van der Waals surface area contributed by atoms with E-state index in [9.17, 15) is 9.59 Å². The van der Waals surface area contributed by atoms with Crippen LogP contribution in [-0.2, 0) is 9.59 Å². The minimum atomic E-state index is -0.275. The molecule has 1 aliphatic carbocycles. The van der Waals surface area contributed by atoms with Gasteiger partial charge in [-0.05, 0) is 61.4 Å². The zero-order valence-electron chi connectivity index (χ0n) is 19.9. The summed E-state index contributed by atoms with van der Waals surface area (Å²) in [5.41, 5.74) is 2.41. The number of hydrogen-bond acceptors (Lipinski definition) is 5. The number of anilines is 1. The fourth-order valence-electron chi connectivity index (χ4n) is 3.73. The number of amides is 2. The summed E-state index contributed by atoms with van der Waals surface area (Å²) in [6, 6.07) is 15.2. The molecule has 1 fully saturated rings. The van der Waals surface area contributed by atoms with Gasteiger partial charge in [0.05, 0.1) is 19.9 Å². The Bertz CT molecular complexity index is 1150. The minimum absolute atomic E-state index is 0.00457. The Balaban J connectivity index is 1.62. The molecule has 0 unspecified atom stereocenters. The highest BCUT2D eigenvalue weighted by Gasteiger charge is 2.34. The predicted octanol–water partition coefficient (Wildman–Crippen LogP) is 4.14. The van der Waals surface area contributed by atoms with Crippen LogP contribution in [0.4, 0.5) is 5.95 Å². The van der Waals surface area contributed by atoms with E-state index in [2.05, 4.69) is 5.32 Å². The Labute approximate surface area is 199 Å². The molecule has 34 heavy (non-hydrogen) atoms. The molecular formula is C26H30N4O4. The third kappa shape index (κ3) is 5.22. The zero-order chi connectivity index (χ0) is 24.2. The van der Waals surface area contributed by atoms with Gasteiger partial charge in [-0.15, -0.1) is 0 Å². The first-order valence-electron chi connectivity index (χ1n) is 11.4. The van der Waals surface area contributed by atoms with E-state index in [4.69, 9.17) is 14.5 Å². The lowest BCUT2D eigenvalue weighted by Crippen LogP contribution is -2.41. The first kappa shape index (κ1) is 23.4. The van der Waals surface area contributed by atoms with E-state index >= 15 is 0 Å². The van der Waals surface area contributed by atoms with Crippen LogP contribution in [0.25, 0.3) is 16.9 Å². The van der Waals surface area contributed by atoms with Gasteiger partial charge in [-0.2, -0.15) is 0 Å². The smallest absolute Gasteiger partial charge is 0.246 e. The van der Waals surface area contributed by atoms with Crippen LogP contribution in [0.2, 0.25) is 0 Å². The molecule has 2 aromatic carbocycles. The van der Waals surface area contributed by atoms with E-state index in [1.807, 2.05) is 73.1 Å². The number of benzene rings is 2. The third-order valence-electron chi connectivity index (χ3n) is 5.77. The Kier molecular flexibility index (Phi) is 6.86. The van der Waals surface area contributed by atoms with Gasteiger partial charge in [-0.25, -0.2) is 4.98 Å². The van der Waals surface area contributed by atoms with Crippen LogP contribution in [0, 0.1) is 5.92 Å². The lowest BCUT2D eigenvalue weighted by atomic mass is 10.1. The highest BCUT2D eigenvalue weighted by Crippen LogP contribution is 2.29.